The zero-order valence-corrected chi connectivity index (χ0v) is 13.4. The smallest absolute Gasteiger partial charge is 0.00476 e. The molecule has 19 heavy (non-hydrogen) atoms. The summed E-state index contributed by atoms with van der Waals surface area (Å²) < 4.78 is 0. The summed E-state index contributed by atoms with van der Waals surface area (Å²) in [7, 11) is 2.10. The fraction of sp³-hybridized carbons (Fsp3) is 1.00. The number of likely N-dealkylation sites (tertiary alicyclic amines) is 1. The van der Waals surface area contributed by atoms with Gasteiger partial charge in [0, 0.05) is 19.6 Å². The van der Waals surface area contributed by atoms with Gasteiger partial charge in [-0.1, -0.05) is 39.5 Å². The van der Waals surface area contributed by atoms with Gasteiger partial charge in [0.05, 0.1) is 0 Å². The molecular formula is C17H34N2. The van der Waals surface area contributed by atoms with Crippen molar-refractivity contribution in [2.24, 2.45) is 17.3 Å². The van der Waals surface area contributed by atoms with Gasteiger partial charge in [0.1, 0.15) is 0 Å². The molecule has 3 atom stereocenters. The summed E-state index contributed by atoms with van der Waals surface area (Å²) in [4.78, 5) is 2.78. The van der Waals surface area contributed by atoms with Gasteiger partial charge in [0.25, 0.3) is 0 Å². The van der Waals surface area contributed by atoms with Crippen molar-refractivity contribution in [1.82, 2.24) is 10.2 Å². The van der Waals surface area contributed by atoms with Crippen molar-refractivity contribution in [2.75, 3.05) is 33.2 Å². The van der Waals surface area contributed by atoms with Gasteiger partial charge in [0.2, 0.25) is 0 Å². The minimum atomic E-state index is 0.463. The van der Waals surface area contributed by atoms with Crippen molar-refractivity contribution >= 4 is 0 Å². The molecule has 1 saturated heterocycles. The predicted molar refractivity (Wildman–Crippen MR) is 83.4 cm³/mol. The molecule has 2 nitrogen and oxygen atoms in total. The average molecular weight is 266 g/mol. The Morgan fingerprint density at radius 1 is 1.16 bits per heavy atom. The van der Waals surface area contributed by atoms with E-state index in [4.69, 9.17) is 0 Å². The number of hydrogen-bond acceptors (Lipinski definition) is 2. The van der Waals surface area contributed by atoms with Gasteiger partial charge in [-0.15, -0.1) is 0 Å². The van der Waals surface area contributed by atoms with Crippen molar-refractivity contribution in [3.8, 4) is 0 Å². The first-order valence-electron chi connectivity index (χ1n) is 8.54. The highest BCUT2D eigenvalue weighted by Gasteiger charge is 2.34. The molecule has 1 N–H and O–H groups in total. The number of piperidine rings is 1. The SMILES string of the molecule is CCCC(C)(CNC)CN1CCC2CCCCC2C1. The second-order valence-corrected chi connectivity index (χ2v) is 7.42. The maximum absolute atomic E-state index is 3.41. The van der Waals surface area contributed by atoms with Crippen molar-refractivity contribution < 1.29 is 0 Å². The number of fused-ring (bicyclic) bond motifs is 1. The van der Waals surface area contributed by atoms with Gasteiger partial charge in [0.15, 0.2) is 0 Å². The third-order valence-corrected chi connectivity index (χ3v) is 5.44. The molecule has 0 aromatic carbocycles. The Labute approximate surface area is 120 Å². The lowest BCUT2D eigenvalue weighted by molar-refractivity contribution is 0.0535. The molecule has 0 aromatic heterocycles. The number of rotatable bonds is 6. The van der Waals surface area contributed by atoms with E-state index in [2.05, 4.69) is 31.1 Å². The fourth-order valence-electron chi connectivity index (χ4n) is 4.61. The van der Waals surface area contributed by atoms with Crippen molar-refractivity contribution in [3.05, 3.63) is 0 Å². The van der Waals surface area contributed by atoms with Crippen LogP contribution in [0.5, 0.6) is 0 Å². The predicted octanol–water partition coefficient (Wildman–Crippen LogP) is 3.52. The first kappa shape index (κ1) is 15.3. The van der Waals surface area contributed by atoms with E-state index in [9.17, 15) is 0 Å². The Balaban J connectivity index is 1.87. The highest BCUT2D eigenvalue weighted by molar-refractivity contribution is 4.87. The molecule has 2 rings (SSSR count). The van der Waals surface area contributed by atoms with Gasteiger partial charge in [-0.05, 0) is 50.1 Å². The van der Waals surface area contributed by atoms with E-state index in [1.165, 1.54) is 64.6 Å². The molecule has 0 bridgehead atoms. The van der Waals surface area contributed by atoms with Crippen LogP contribution in [-0.2, 0) is 0 Å². The molecular weight excluding hydrogens is 232 g/mol. The van der Waals surface area contributed by atoms with Crippen LogP contribution in [0, 0.1) is 17.3 Å². The minimum absolute atomic E-state index is 0.463. The standard InChI is InChI=1S/C17H34N2/c1-4-10-17(2,13-18-3)14-19-11-9-15-7-5-6-8-16(15)12-19/h15-16,18H,4-14H2,1-3H3. The summed E-state index contributed by atoms with van der Waals surface area (Å²) in [5.74, 6) is 2.08. The monoisotopic (exact) mass is 266 g/mol. The Morgan fingerprint density at radius 3 is 2.58 bits per heavy atom. The molecule has 2 fully saturated rings. The number of nitrogens with one attached hydrogen (secondary N) is 1. The normalized spacial score (nSPS) is 31.7. The average Bonchev–Trinajstić information content (AvgIpc) is 2.39. The quantitative estimate of drug-likeness (QED) is 0.791. The third kappa shape index (κ3) is 4.19. The number of hydrogen-bond donors (Lipinski definition) is 1. The van der Waals surface area contributed by atoms with Crippen LogP contribution >= 0.6 is 0 Å². The van der Waals surface area contributed by atoms with Crippen LogP contribution in [0.2, 0.25) is 0 Å². The Bertz CT molecular complexity index is 258. The van der Waals surface area contributed by atoms with Crippen LogP contribution in [-0.4, -0.2) is 38.1 Å². The van der Waals surface area contributed by atoms with E-state index in [1.807, 2.05) is 0 Å². The summed E-state index contributed by atoms with van der Waals surface area (Å²) in [6, 6.07) is 0. The van der Waals surface area contributed by atoms with Crippen LogP contribution in [0.3, 0.4) is 0 Å². The fourth-order valence-corrected chi connectivity index (χ4v) is 4.61. The van der Waals surface area contributed by atoms with Gasteiger partial charge >= 0.3 is 0 Å². The zero-order valence-electron chi connectivity index (χ0n) is 13.4. The largest absolute Gasteiger partial charge is 0.319 e. The molecule has 0 aromatic rings. The molecule has 0 amide bonds. The van der Waals surface area contributed by atoms with Gasteiger partial charge in [-0.3, -0.25) is 0 Å². The number of nitrogens with zero attached hydrogens (tertiary/aromatic N) is 1. The Kier molecular flexibility index (Phi) is 5.70. The topological polar surface area (TPSA) is 15.3 Å². The highest BCUT2D eigenvalue weighted by atomic mass is 15.1. The van der Waals surface area contributed by atoms with Gasteiger partial charge < -0.3 is 10.2 Å². The molecule has 0 radical (unpaired) electrons. The zero-order chi connectivity index (χ0) is 13.7. The second kappa shape index (κ2) is 7.08. The van der Waals surface area contributed by atoms with E-state index in [0.717, 1.165) is 18.4 Å². The molecule has 1 aliphatic carbocycles. The first-order valence-corrected chi connectivity index (χ1v) is 8.54. The van der Waals surface area contributed by atoms with Crippen LogP contribution in [0.4, 0.5) is 0 Å². The lowest BCUT2D eigenvalue weighted by atomic mass is 9.74. The lowest BCUT2D eigenvalue weighted by Gasteiger charge is -2.44. The summed E-state index contributed by atoms with van der Waals surface area (Å²) in [5, 5.41) is 3.41. The van der Waals surface area contributed by atoms with Crippen LogP contribution in [0.15, 0.2) is 0 Å². The van der Waals surface area contributed by atoms with Gasteiger partial charge in [-0.2, -0.15) is 0 Å². The molecule has 2 aliphatic rings. The van der Waals surface area contributed by atoms with Crippen molar-refractivity contribution in [3.63, 3.8) is 0 Å². The van der Waals surface area contributed by atoms with E-state index in [-0.39, 0.29) is 0 Å². The molecule has 1 aliphatic heterocycles. The van der Waals surface area contributed by atoms with Gasteiger partial charge in [-0.25, -0.2) is 0 Å². The first-order chi connectivity index (χ1) is 9.17. The van der Waals surface area contributed by atoms with Crippen LogP contribution < -0.4 is 5.32 Å². The molecule has 0 spiro atoms. The van der Waals surface area contributed by atoms with E-state index in [0.29, 0.717) is 5.41 Å². The lowest BCUT2D eigenvalue weighted by Crippen LogP contribution is -2.48. The minimum Gasteiger partial charge on any atom is -0.319 e. The molecule has 1 heterocycles. The molecule has 2 heteroatoms. The van der Waals surface area contributed by atoms with E-state index in [1.54, 1.807) is 0 Å². The van der Waals surface area contributed by atoms with Crippen molar-refractivity contribution in [2.45, 2.75) is 58.8 Å². The maximum Gasteiger partial charge on any atom is 0.00476 e. The Morgan fingerprint density at radius 2 is 1.89 bits per heavy atom. The summed E-state index contributed by atoms with van der Waals surface area (Å²) in [5.41, 5.74) is 0.463. The molecule has 112 valence electrons. The summed E-state index contributed by atoms with van der Waals surface area (Å²) >= 11 is 0. The Hall–Kier alpha value is -0.0800. The highest BCUT2D eigenvalue weighted by Crippen LogP contribution is 2.37. The second-order valence-electron chi connectivity index (χ2n) is 7.42. The van der Waals surface area contributed by atoms with E-state index < -0.39 is 0 Å². The summed E-state index contributed by atoms with van der Waals surface area (Å²) in [6.45, 7) is 9.98. The van der Waals surface area contributed by atoms with Crippen molar-refractivity contribution in [1.29, 1.82) is 0 Å². The van der Waals surface area contributed by atoms with Crippen LogP contribution in [0.1, 0.15) is 58.8 Å². The maximum atomic E-state index is 3.41. The molecule has 3 unspecified atom stereocenters. The summed E-state index contributed by atoms with van der Waals surface area (Å²) in [6.07, 6.45) is 10.1. The molecule has 1 saturated carbocycles. The van der Waals surface area contributed by atoms with E-state index >= 15 is 0 Å². The van der Waals surface area contributed by atoms with Crippen LogP contribution in [0.25, 0.3) is 0 Å². The third-order valence-electron chi connectivity index (χ3n) is 5.44.